The average molecular weight is 322 g/mol. The lowest BCUT2D eigenvalue weighted by Crippen LogP contribution is -2.15. The average Bonchev–Trinajstić information content (AvgIpc) is 2.90. The minimum atomic E-state index is -0.0655. The number of benzene rings is 1. The summed E-state index contributed by atoms with van der Waals surface area (Å²) in [5, 5.41) is 5.33. The summed E-state index contributed by atoms with van der Waals surface area (Å²) in [6.45, 7) is 3.04. The molecule has 1 N–H and O–H groups in total. The lowest BCUT2D eigenvalue weighted by Gasteiger charge is -2.18. The van der Waals surface area contributed by atoms with E-state index in [9.17, 15) is 4.79 Å². The predicted molar refractivity (Wildman–Crippen MR) is 83.6 cm³/mol. The molecule has 0 radical (unpaired) electrons. The maximum Gasteiger partial charge on any atom is 0.236 e. The number of carbonyl (C=O) groups excluding carboxylic acids is 1. The fourth-order valence-electron chi connectivity index (χ4n) is 1.83. The highest BCUT2D eigenvalue weighted by molar-refractivity contribution is 8.00. The number of amides is 1. The van der Waals surface area contributed by atoms with Crippen molar-refractivity contribution in [1.29, 1.82) is 0 Å². The molecule has 21 heavy (non-hydrogen) atoms. The van der Waals surface area contributed by atoms with Crippen LogP contribution in [0.3, 0.4) is 0 Å². The van der Waals surface area contributed by atoms with Gasteiger partial charge in [0.05, 0.1) is 11.4 Å². The van der Waals surface area contributed by atoms with Crippen LogP contribution in [-0.4, -0.2) is 29.9 Å². The summed E-state index contributed by atoms with van der Waals surface area (Å²) in [6.07, 6.45) is 0. The van der Waals surface area contributed by atoms with E-state index in [1.165, 1.54) is 23.1 Å². The normalized spacial score (nSPS) is 13.0. The molecule has 1 aliphatic rings. The summed E-state index contributed by atoms with van der Waals surface area (Å²) >= 11 is 2.89. The number of carbonyl (C=O) groups is 1. The molecule has 2 heterocycles. The van der Waals surface area contributed by atoms with Crippen LogP contribution >= 0.6 is 23.1 Å². The van der Waals surface area contributed by atoms with Crippen molar-refractivity contribution in [2.75, 3.05) is 24.3 Å². The molecule has 0 fully saturated rings. The number of rotatable bonds is 4. The molecule has 110 valence electrons. The third-order valence-electron chi connectivity index (χ3n) is 2.75. The minimum absolute atomic E-state index is 0.0655. The van der Waals surface area contributed by atoms with Crippen LogP contribution in [0.4, 0.5) is 5.13 Å². The van der Waals surface area contributed by atoms with Crippen LogP contribution in [0.15, 0.2) is 28.5 Å². The van der Waals surface area contributed by atoms with Crippen molar-refractivity contribution in [2.24, 2.45) is 0 Å². The second-order valence-corrected chi connectivity index (χ2v) is 6.34. The van der Waals surface area contributed by atoms with Gasteiger partial charge in [-0.05, 0) is 25.1 Å². The highest BCUT2D eigenvalue weighted by Gasteiger charge is 2.13. The molecule has 0 aliphatic carbocycles. The molecule has 0 atom stereocenters. The lowest BCUT2D eigenvalue weighted by atomic mass is 10.3. The van der Waals surface area contributed by atoms with Gasteiger partial charge >= 0.3 is 0 Å². The number of thioether (sulfide) groups is 1. The zero-order valence-electron chi connectivity index (χ0n) is 11.4. The van der Waals surface area contributed by atoms with Crippen LogP contribution in [0.5, 0.6) is 11.5 Å². The number of aryl methyl sites for hydroxylation is 1. The van der Waals surface area contributed by atoms with Crippen LogP contribution < -0.4 is 14.8 Å². The molecular formula is C14H14N2O3S2. The Morgan fingerprint density at radius 1 is 1.38 bits per heavy atom. The van der Waals surface area contributed by atoms with Gasteiger partial charge in [0, 0.05) is 10.3 Å². The summed E-state index contributed by atoms with van der Waals surface area (Å²) in [6, 6.07) is 5.71. The van der Waals surface area contributed by atoms with Gasteiger partial charge in [-0.25, -0.2) is 4.98 Å². The highest BCUT2D eigenvalue weighted by atomic mass is 32.2. The number of hydrogen-bond donors (Lipinski definition) is 1. The Balaban J connectivity index is 1.56. The van der Waals surface area contributed by atoms with Crippen molar-refractivity contribution in [3.05, 3.63) is 29.3 Å². The van der Waals surface area contributed by atoms with Gasteiger partial charge in [0.15, 0.2) is 16.6 Å². The minimum Gasteiger partial charge on any atom is -0.486 e. The number of nitrogens with one attached hydrogen (secondary N) is 1. The quantitative estimate of drug-likeness (QED) is 0.877. The molecule has 0 saturated carbocycles. The third-order valence-corrected chi connectivity index (χ3v) is 4.62. The first-order chi connectivity index (χ1) is 10.2. The summed E-state index contributed by atoms with van der Waals surface area (Å²) in [5.74, 6) is 1.76. The van der Waals surface area contributed by atoms with E-state index in [4.69, 9.17) is 9.47 Å². The van der Waals surface area contributed by atoms with Crippen LogP contribution in [0.1, 0.15) is 5.69 Å². The molecule has 1 aromatic heterocycles. The first-order valence-electron chi connectivity index (χ1n) is 6.45. The molecule has 1 aromatic carbocycles. The number of ether oxygens (including phenoxy) is 2. The molecule has 3 rings (SSSR count). The van der Waals surface area contributed by atoms with Crippen molar-refractivity contribution < 1.29 is 14.3 Å². The number of anilines is 1. The molecule has 1 aliphatic heterocycles. The van der Waals surface area contributed by atoms with Crippen molar-refractivity contribution >= 4 is 34.1 Å². The van der Waals surface area contributed by atoms with Crippen LogP contribution in [0.25, 0.3) is 0 Å². The van der Waals surface area contributed by atoms with Crippen molar-refractivity contribution in [3.63, 3.8) is 0 Å². The first kappa shape index (κ1) is 14.2. The molecule has 1 amide bonds. The second kappa shape index (κ2) is 6.36. The zero-order chi connectivity index (χ0) is 14.7. The Bertz CT molecular complexity index is 657. The predicted octanol–water partition coefficient (Wildman–Crippen LogP) is 2.95. The molecular weight excluding hydrogens is 308 g/mol. The molecule has 5 nitrogen and oxygen atoms in total. The van der Waals surface area contributed by atoms with E-state index in [2.05, 4.69) is 10.3 Å². The zero-order valence-corrected chi connectivity index (χ0v) is 13.1. The van der Waals surface area contributed by atoms with E-state index in [0.29, 0.717) is 24.1 Å². The van der Waals surface area contributed by atoms with Crippen molar-refractivity contribution in [3.8, 4) is 11.5 Å². The smallest absolute Gasteiger partial charge is 0.236 e. The van der Waals surface area contributed by atoms with Gasteiger partial charge in [0.1, 0.15) is 13.2 Å². The fourth-order valence-corrected chi connectivity index (χ4v) is 3.26. The number of fused-ring (bicyclic) bond motifs is 1. The van der Waals surface area contributed by atoms with Gasteiger partial charge in [0.25, 0.3) is 0 Å². The van der Waals surface area contributed by atoms with E-state index in [-0.39, 0.29) is 5.91 Å². The summed E-state index contributed by atoms with van der Waals surface area (Å²) < 4.78 is 11.0. The van der Waals surface area contributed by atoms with Crippen LogP contribution in [-0.2, 0) is 4.79 Å². The highest BCUT2D eigenvalue weighted by Crippen LogP contribution is 2.34. The Morgan fingerprint density at radius 2 is 2.19 bits per heavy atom. The molecule has 7 heteroatoms. The summed E-state index contributed by atoms with van der Waals surface area (Å²) in [5.41, 5.74) is 0.912. The van der Waals surface area contributed by atoms with E-state index in [1.54, 1.807) is 0 Å². The van der Waals surface area contributed by atoms with Gasteiger partial charge in [0.2, 0.25) is 5.91 Å². The largest absolute Gasteiger partial charge is 0.486 e. The monoisotopic (exact) mass is 322 g/mol. The summed E-state index contributed by atoms with van der Waals surface area (Å²) in [4.78, 5) is 17.0. The Labute approximate surface area is 130 Å². The van der Waals surface area contributed by atoms with E-state index in [1.807, 2.05) is 30.5 Å². The Hall–Kier alpha value is -1.73. The number of hydrogen-bond acceptors (Lipinski definition) is 6. The molecule has 0 bridgehead atoms. The fraction of sp³-hybridized carbons (Fsp3) is 0.286. The van der Waals surface area contributed by atoms with Crippen LogP contribution in [0.2, 0.25) is 0 Å². The molecule has 0 saturated heterocycles. The molecule has 2 aromatic rings. The number of thiazole rings is 1. The van der Waals surface area contributed by atoms with E-state index >= 15 is 0 Å². The Morgan fingerprint density at radius 3 is 2.95 bits per heavy atom. The van der Waals surface area contributed by atoms with Gasteiger partial charge in [-0.2, -0.15) is 0 Å². The van der Waals surface area contributed by atoms with Gasteiger partial charge in [-0.1, -0.05) is 0 Å². The van der Waals surface area contributed by atoms with Crippen LogP contribution in [0, 0.1) is 6.92 Å². The van der Waals surface area contributed by atoms with E-state index in [0.717, 1.165) is 22.1 Å². The van der Waals surface area contributed by atoms with Gasteiger partial charge < -0.3 is 14.8 Å². The van der Waals surface area contributed by atoms with Crippen molar-refractivity contribution in [2.45, 2.75) is 11.8 Å². The SMILES string of the molecule is Cc1csc(NC(=O)CSc2ccc3c(c2)OCCO3)n1. The van der Waals surface area contributed by atoms with Gasteiger partial charge in [-0.15, -0.1) is 23.1 Å². The maximum atomic E-state index is 11.9. The summed E-state index contributed by atoms with van der Waals surface area (Å²) in [7, 11) is 0. The number of nitrogens with zero attached hydrogens (tertiary/aromatic N) is 1. The second-order valence-electron chi connectivity index (χ2n) is 4.44. The third kappa shape index (κ3) is 3.68. The van der Waals surface area contributed by atoms with Crippen molar-refractivity contribution in [1.82, 2.24) is 4.98 Å². The maximum absolute atomic E-state index is 11.9. The van der Waals surface area contributed by atoms with E-state index < -0.39 is 0 Å². The topological polar surface area (TPSA) is 60.5 Å². The number of aromatic nitrogens is 1. The van der Waals surface area contributed by atoms with Gasteiger partial charge in [-0.3, -0.25) is 4.79 Å². The lowest BCUT2D eigenvalue weighted by molar-refractivity contribution is -0.113. The molecule has 0 unspecified atom stereocenters. The molecule has 0 spiro atoms. The standard InChI is InChI=1S/C14H14N2O3S2/c1-9-7-21-14(15-9)16-13(17)8-20-10-2-3-11-12(6-10)19-5-4-18-11/h2-3,6-7H,4-5,8H2,1H3,(H,15,16,17). The Kier molecular flexibility index (Phi) is 4.31. The first-order valence-corrected chi connectivity index (χ1v) is 8.32.